The van der Waals surface area contributed by atoms with Gasteiger partial charge < -0.3 is 9.47 Å². The van der Waals surface area contributed by atoms with Gasteiger partial charge in [-0.1, -0.05) is 158 Å². The van der Waals surface area contributed by atoms with Gasteiger partial charge in [0, 0.05) is 51.7 Å². The summed E-state index contributed by atoms with van der Waals surface area (Å²) in [6.07, 6.45) is 0. The molecule has 288 valence electrons. The highest BCUT2D eigenvalue weighted by atomic mass is 32.2. The van der Waals surface area contributed by atoms with E-state index in [1.165, 1.54) is 76.6 Å². The Labute approximate surface area is 354 Å². The number of fused-ring (bicyclic) bond motifs is 9. The summed E-state index contributed by atoms with van der Waals surface area (Å²) >= 11 is 1.75. The van der Waals surface area contributed by atoms with Crippen LogP contribution in [-0.4, -0.2) is 15.6 Å². The van der Waals surface area contributed by atoms with Gasteiger partial charge in [-0.25, -0.2) is 0 Å². The van der Waals surface area contributed by atoms with E-state index in [0.29, 0.717) is 0 Å². The van der Waals surface area contributed by atoms with Crippen molar-refractivity contribution in [2.75, 3.05) is 16.3 Å². The van der Waals surface area contributed by atoms with E-state index >= 15 is 0 Å². The molecule has 4 nitrogen and oxygen atoms in total. The van der Waals surface area contributed by atoms with E-state index in [2.05, 4.69) is 238 Å². The van der Waals surface area contributed by atoms with Gasteiger partial charge in [-0.05, 0) is 83.1 Å². The Bertz CT molecular complexity index is 3360. The van der Waals surface area contributed by atoms with Crippen molar-refractivity contribution >= 4 is 89.3 Å². The lowest BCUT2D eigenvalue weighted by molar-refractivity contribution is 0.829. The van der Waals surface area contributed by atoms with Gasteiger partial charge in [-0.3, -0.25) is 8.28 Å². The number of para-hydroxylation sites is 4. The molecule has 11 aromatic rings. The van der Waals surface area contributed by atoms with Crippen LogP contribution in [0.25, 0.3) is 76.6 Å². The molecule has 2 aromatic heterocycles. The maximum atomic E-state index is 2.51. The van der Waals surface area contributed by atoms with Crippen LogP contribution in [0.4, 0.5) is 22.7 Å². The maximum Gasteiger partial charge on any atom is 0.0817 e. The summed E-state index contributed by atoms with van der Waals surface area (Å²) < 4.78 is 7.43. The van der Waals surface area contributed by atoms with E-state index < -0.39 is 0 Å². The Morgan fingerprint density at radius 3 is 1.62 bits per heavy atom. The van der Waals surface area contributed by atoms with Crippen molar-refractivity contribution in [1.82, 2.24) is 8.54 Å². The van der Waals surface area contributed by atoms with Crippen molar-refractivity contribution in [3.8, 4) is 22.3 Å². The minimum absolute atomic E-state index is 0.871. The number of rotatable bonds is 9. The fraction of sp³-hybridized carbons (Fsp3) is 0.0545. The van der Waals surface area contributed by atoms with Crippen molar-refractivity contribution in [3.63, 3.8) is 0 Å². The van der Waals surface area contributed by atoms with E-state index in [0.717, 1.165) is 29.3 Å². The van der Waals surface area contributed by atoms with Crippen molar-refractivity contribution < 1.29 is 0 Å². The highest BCUT2D eigenvalue weighted by molar-refractivity contribution is 7.99. The average molecular weight is 791 g/mol. The van der Waals surface area contributed by atoms with Gasteiger partial charge in [0.25, 0.3) is 0 Å². The lowest BCUT2D eigenvalue weighted by Gasteiger charge is -2.30. The normalized spacial score (nSPS) is 11.6. The Balaban J connectivity index is 1.17. The topological polar surface area (TPSA) is 16.3 Å². The standard InChI is InChI=1S/C55H42N4S/c1-3-57-49-28-12-10-26-45(49)47-34-32-40-33-35-48-46-27-11-13-29-50(46)59(55(48)53(40)54(47)57)60-58(44-25-17-23-42(37-44)39-20-8-5-9-21-39)52-31-15-14-30-51(52)56(2)43-24-16-22-41(36-43)38-18-6-4-7-19-38/h4-37H,3H2,1-2H3. The van der Waals surface area contributed by atoms with E-state index in [4.69, 9.17) is 0 Å². The van der Waals surface area contributed by atoms with Gasteiger partial charge in [0.15, 0.2) is 0 Å². The van der Waals surface area contributed by atoms with E-state index in [-0.39, 0.29) is 0 Å². The molecule has 60 heavy (non-hydrogen) atoms. The zero-order chi connectivity index (χ0) is 40.2. The number of nitrogens with zero attached hydrogens (tertiary/aromatic N) is 4. The molecule has 11 rings (SSSR count). The molecule has 9 aromatic carbocycles. The summed E-state index contributed by atoms with van der Waals surface area (Å²) in [6, 6.07) is 74.9. The number of aromatic nitrogens is 2. The van der Waals surface area contributed by atoms with Crippen LogP contribution in [-0.2, 0) is 6.54 Å². The van der Waals surface area contributed by atoms with Crippen LogP contribution < -0.4 is 9.21 Å². The van der Waals surface area contributed by atoms with Crippen molar-refractivity contribution in [1.29, 1.82) is 0 Å². The summed E-state index contributed by atoms with van der Waals surface area (Å²) in [6.45, 7) is 3.13. The first-order valence-corrected chi connectivity index (χ1v) is 21.4. The molecule has 0 spiro atoms. The first kappa shape index (κ1) is 35.9. The van der Waals surface area contributed by atoms with E-state index in [1.54, 1.807) is 12.1 Å². The summed E-state index contributed by atoms with van der Waals surface area (Å²) in [7, 11) is 2.18. The monoisotopic (exact) mass is 790 g/mol. The number of aryl methyl sites for hydroxylation is 1. The third-order valence-corrected chi connectivity index (χ3v) is 13.1. The highest BCUT2D eigenvalue weighted by Crippen LogP contribution is 2.47. The SMILES string of the molecule is CCn1c2ccccc2c2ccc3ccc4c5ccccc5n(SN(c5cccc(-c6ccccc6)c5)c5ccccc5N(C)c5cccc(-c6ccccc6)c5)c4c3c21. The Hall–Kier alpha value is -7.21. The molecular weight excluding hydrogens is 749 g/mol. The molecule has 0 fully saturated rings. The molecule has 0 saturated carbocycles. The zero-order valence-electron chi connectivity index (χ0n) is 33.5. The molecule has 0 radical (unpaired) electrons. The molecule has 0 aliphatic rings. The molecule has 0 bridgehead atoms. The van der Waals surface area contributed by atoms with Gasteiger partial charge >= 0.3 is 0 Å². The fourth-order valence-corrected chi connectivity index (χ4v) is 10.2. The molecule has 0 N–H and O–H groups in total. The molecule has 0 unspecified atom stereocenters. The van der Waals surface area contributed by atoms with Gasteiger partial charge in [-0.2, -0.15) is 0 Å². The highest BCUT2D eigenvalue weighted by Gasteiger charge is 2.24. The Morgan fingerprint density at radius 2 is 0.950 bits per heavy atom. The third kappa shape index (κ3) is 5.92. The van der Waals surface area contributed by atoms with Crippen LogP contribution in [0.1, 0.15) is 6.92 Å². The summed E-state index contributed by atoms with van der Waals surface area (Å²) in [5, 5.41) is 7.55. The number of hydrogen-bond donors (Lipinski definition) is 0. The lowest BCUT2D eigenvalue weighted by Crippen LogP contribution is -2.17. The minimum Gasteiger partial charge on any atom is -0.343 e. The predicted molar refractivity (Wildman–Crippen MR) is 259 cm³/mol. The summed E-state index contributed by atoms with van der Waals surface area (Å²) in [4.78, 5) is 2.32. The number of hydrogen-bond acceptors (Lipinski definition) is 3. The maximum absolute atomic E-state index is 2.51. The van der Waals surface area contributed by atoms with E-state index in [9.17, 15) is 0 Å². The van der Waals surface area contributed by atoms with Crippen LogP contribution in [0.5, 0.6) is 0 Å². The molecule has 5 heteroatoms. The van der Waals surface area contributed by atoms with Crippen molar-refractivity contribution in [3.05, 3.63) is 206 Å². The summed E-state index contributed by atoms with van der Waals surface area (Å²) in [5.41, 5.74) is 14.1. The summed E-state index contributed by atoms with van der Waals surface area (Å²) in [5.74, 6) is 0. The fourth-order valence-electron chi connectivity index (χ4n) is 9.11. The molecule has 0 atom stereocenters. The van der Waals surface area contributed by atoms with Gasteiger partial charge in [0.1, 0.15) is 0 Å². The van der Waals surface area contributed by atoms with Crippen LogP contribution in [0.15, 0.2) is 206 Å². The second kappa shape index (κ2) is 14.9. The van der Waals surface area contributed by atoms with Gasteiger partial charge in [0.2, 0.25) is 0 Å². The third-order valence-electron chi connectivity index (χ3n) is 12.0. The molecular formula is C55H42N4S. The molecule has 0 amide bonds. The predicted octanol–water partition coefficient (Wildman–Crippen LogP) is 15.4. The zero-order valence-corrected chi connectivity index (χ0v) is 34.4. The van der Waals surface area contributed by atoms with Crippen molar-refractivity contribution in [2.45, 2.75) is 13.5 Å². The minimum atomic E-state index is 0.871. The largest absolute Gasteiger partial charge is 0.343 e. The number of benzene rings is 9. The first-order chi connectivity index (χ1) is 29.7. The van der Waals surface area contributed by atoms with Gasteiger partial charge in [0.05, 0.1) is 45.7 Å². The Morgan fingerprint density at radius 1 is 0.433 bits per heavy atom. The molecule has 0 saturated heterocycles. The quantitative estimate of drug-likeness (QED) is 0.136. The Kier molecular flexibility index (Phi) is 8.90. The second-order valence-corrected chi connectivity index (χ2v) is 16.2. The van der Waals surface area contributed by atoms with Crippen LogP contribution in [0, 0.1) is 0 Å². The molecule has 0 aliphatic carbocycles. The molecule has 0 aliphatic heterocycles. The van der Waals surface area contributed by atoms with E-state index in [1.807, 2.05) is 0 Å². The van der Waals surface area contributed by atoms with Crippen LogP contribution in [0.3, 0.4) is 0 Å². The second-order valence-electron chi connectivity index (χ2n) is 15.4. The van der Waals surface area contributed by atoms with Crippen LogP contribution >= 0.6 is 12.1 Å². The lowest BCUT2D eigenvalue weighted by atomic mass is 10.0. The number of anilines is 4. The van der Waals surface area contributed by atoms with Crippen molar-refractivity contribution in [2.24, 2.45) is 0 Å². The van der Waals surface area contributed by atoms with Crippen LogP contribution in [0.2, 0.25) is 0 Å². The first-order valence-electron chi connectivity index (χ1n) is 20.6. The van der Waals surface area contributed by atoms with Gasteiger partial charge in [-0.15, -0.1) is 0 Å². The molecule has 2 heterocycles. The smallest absolute Gasteiger partial charge is 0.0817 e. The average Bonchev–Trinajstić information content (AvgIpc) is 3.83.